The smallest absolute Gasteiger partial charge is 0.288 e. The Balaban J connectivity index is 1.95. The van der Waals surface area contributed by atoms with Crippen molar-refractivity contribution in [2.45, 2.75) is 10.6 Å². The maximum Gasteiger partial charge on any atom is 0.296 e. The van der Waals surface area contributed by atoms with E-state index in [-0.39, 0.29) is 16.8 Å². The second kappa shape index (κ2) is 6.02. The number of hydrogen-bond acceptors (Lipinski definition) is 5. The second-order valence-electron chi connectivity index (χ2n) is 4.79. The van der Waals surface area contributed by atoms with Crippen LogP contribution >= 0.6 is 23.4 Å². The highest BCUT2D eigenvalue weighted by Gasteiger charge is 2.36. The van der Waals surface area contributed by atoms with Gasteiger partial charge >= 0.3 is 0 Å². The zero-order valence-electron chi connectivity index (χ0n) is 11.5. The summed E-state index contributed by atoms with van der Waals surface area (Å²) in [5.74, 6) is -0.861. The standard InChI is InChI=1S/C15H9ClN2O4S/c16-9-3-1-8(2-4-9)7-23-11-6-5-10-12(13(11)18(21)22)15(20)17-14(10)19/h1-6H,7H2,(H,17,19,20). The number of halogens is 1. The van der Waals surface area contributed by atoms with Crippen LogP contribution in [0.15, 0.2) is 41.3 Å². The van der Waals surface area contributed by atoms with E-state index >= 15 is 0 Å². The minimum atomic E-state index is -0.731. The van der Waals surface area contributed by atoms with Crippen LogP contribution in [0.5, 0.6) is 0 Å². The number of carbonyl (C=O) groups excluding carboxylic acids is 2. The number of carbonyl (C=O) groups is 2. The molecule has 0 saturated carbocycles. The topological polar surface area (TPSA) is 89.3 Å². The Hall–Kier alpha value is -2.38. The molecule has 0 spiro atoms. The molecule has 0 fully saturated rings. The van der Waals surface area contributed by atoms with E-state index in [0.29, 0.717) is 15.7 Å². The van der Waals surface area contributed by atoms with Gasteiger partial charge in [0.1, 0.15) is 5.56 Å². The van der Waals surface area contributed by atoms with Crippen molar-refractivity contribution in [1.29, 1.82) is 0 Å². The van der Waals surface area contributed by atoms with Crippen LogP contribution in [0.2, 0.25) is 5.02 Å². The molecular formula is C15H9ClN2O4S. The fourth-order valence-electron chi connectivity index (χ4n) is 2.26. The number of fused-ring (bicyclic) bond motifs is 1. The number of nitrogens with one attached hydrogen (secondary N) is 1. The van der Waals surface area contributed by atoms with Crippen LogP contribution < -0.4 is 5.32 Å². The summed E-state index contributed by atoms with van der Waals surface area (Å²) >= 11 is 7.04. The lowest BCUT2D eigenvalue weighted by molar-refractivity contribution is -0.388. The first-order valence-corrected chi connectivity index (χ1v) is 7.88. The molecule has 0 bridgehead atoms. The third-order valence-electron chi connectivity index (χ3n) is 3.33. The largest absolute Gasteiger partial charge is 0.296 e. The average Bonchev–Trinajstić information content (AvgIpc) is 2.81. The molecule has 2 aromatic rings. The third kappa shape index (κ3) is 2.93. The van der Waals surface area contributed by atoms with Gasteiger partial charge in [-0.2, -0.15) is 0 Å². The molecule has 2 aromatic carbocycles. The fraction of sp³-hybridized carbons (Fsp3) is 0.0667. The number of rotatable bonds is 4. The first kappa shape index (κ1) is 15.5. The van der Waals surface area contributed by atoms with E-state index in [1.807, 2.05) is 12.1 Å². The summed E-state index contributed by atoms with van der Waals surface area (Å²) in [6.07, 6.45) is 0. The summed E-state index contributed by atoms with van der Waals surface area (Å²) in [5.41, 5.74) is 0.484. The van der Waals surface area contributed by atoms with Crippen LogP contribution in [0.3, 0.4) is 0 Å². The highest BCUT2D eigenvalue weighted by molar-refractivity contribution is 7.98. The number of imide groups is 1. The van der Waals surface area contributed by atoms with Crippen LogP contribution in [-0.2, 0) is 5.75 Å². The lowest BCUT2D eigenvalue weighted by Gasteiger charge is -2.06. The van der Waals surface area contributed by atoms with Crippen molar-refractivity contribution in [2.24, 2.45) is 0 Å². The molecule has 0 atom stereocenters. The molecule has 2 amide bonds. The van der Waals surface area contributed by atoms with Gasteiger partial charge in [-0.3, -0.25) is 25.0 Å². The summed E-state index contributed by atoms with van der Waals surface area (Å²) in [6, 6.07) is 10.1. The summed E-state index contributed by atoms with van der Waals surface area (Å²) in [6.45, 7) is 0. The van der Waals surface area contributed by atoms with E-state index in [4.69, 9.17) is 11.6 Å². The number of hydrogen-bond donors (Lipinski definition) is 1. The molecule has 0 aliphatic carbocycles. The Labute approximate surface area is 140 Å². The van der Waals surface area contributed by atoms with Crippen LogP contribution in [0.25, 0.3) is 0 Å². The monoisotopic (exact) mass is 348 g/mol. The van der Waals surface area contributed by atoms with Crippen LogP contribution in [0, 0.1) is 10.1 Å². The molecule has 1 aliphatic rings. The van der Waals surface area contributed by atoms with Crippen molar-refractivity contribution in [2.75, 3.05) is 0 Å². The molecule has 8 heteroatoms. The van der Waals surface area contributed by atoms with Gasteiger partial charge in [-0.15, -0.1) is 11.8 Å². The zero-order valence-corrected chi connectivity index (χ0v) is 13.1. The molecule has 0 saturated heterocycles. The molecule has 1 N–H and O–H groups in total. The normalized spacial score (nSPS) is 12.9. The number of amides is 2. The van der Waals surface area contributed by atoms with Gasteiger partial charge < -0.3 is 0 Å². The van der Waals surface area contributed by atoms with E-state index in [0.717, 1.165) is 5.56 Å². The van der Waals surface area contributed by atoms with Gasteiger partial charge in [-0.25, -0.2) is 0 Å². The van der Waals surface area contributed by atoms with Crippen molar-refractivity contribution >= 4 is 40.9 Å². The fourth-order valence-corrected chi connectivity index (χ4v) is 3.38. The van der Waals surface area contributed by atoms with E-state index in [2.05, 4.69) is 5.32 Å². The third-order valence-corrected chi connectivity index (χ3v) is 4.70. The Bertz CT molecular complexity index is 836. The molecular weight excluding hydrogens is 340 g/mol. The number of thioether (sulfide) groups is 1. The van der Waals surface area contributed by atoms with Crippen LogP contribution in [0.1, 0.15) is 26.3 Å². The maximum absolute atomic E-state index is 11.8. The van der Waals surface area contributed by atoms with Gasteiger partial charge in [0.25, 0.3) is 17.5 Å². The van der Waals surface area contributed by atoms with Crippen molar-refractivity contribution in [3.63, 3.8) is 0 Å². The molecule has 0 aromatic heterocycles. The zero-order chi connectivity index (χ0) is 16.6. The average molecular weight is 349 g/mol. The minimum Gasteiger partial charge on any atom is -0.288 e. The predicted molar refractivity (Wildman–Crippen MR) is 85.9 cm³/mol. The van der Waals surface area contributed by atoms with Crippen LogP contribution in [0.4, 0.5) is 5.69 Å². The summed E-state index contributed by atoms with van der Waals surface area (Å²) in [7, 11) is 0. The number of nitro groups is 1. The summed E-state index contributed by atoms with van der Waals surface area (Å²) in [4.78, 5) is 34.5. The van der Waals surface area contributed by atoms with Crippen molar-refractivity contribution < 1.29 is 14.5 Å². The molecule has 0 unspecified atom stereocenters. The quantitative estimate of drug-likeness (QED) is 0.396. The van der Waals surface area contributed by atoms with Gasteiger partial charge in [-0.05, 0) is 29.8 Å². The van der Waals surface area contributed by atoms with Crippen molar-refractivity contribution in [1.82, 2.24) is 5.32 Å². The molecule has 23 heavy (non-hydrogen) atoms. The van der Waals surface area contributed by atoms with Gasteiger partial charge in [0.05, 0.1) is 15.4 Å². The van der Waals surface area contributed by atoms with E-state index in [9.17, 15) is 19.7 Å². The lowest BCUT2D eigenvalue weighted by Crippen LogP contribution is -2.20. The minimum absolute atomic E-state index is 0.0394. The van der Waals surface area contributed by atoms with Crippen LogP contribution in [-0.4, -0.2) is 16.7 Å². The Morgan fingerprint density at radius 3 is 2.43 bits per heavy atom. The van der Waals surface area contributed by atoms with E-state index in [1.54, 1.807) is 12.1 Å². The predicted octanol–water partition coefficient (Wildman–Crippen LogP) is 3.42. The van der Waals surface area contributed by atoms with Gasteiger partial charge in [0.15, 0.2) is 0 Å². The lowest BCUT2D eigenvalue weighted by atomic mass is 10.1. The highest BCUT2D eigenvalue weighted by Crippen LogP contribution is 2.37. The first-order valence-electron chi connectivity index (χ1n) is 6.51. The van der Waals surface area contributed by atoms with Crippen molar-refractivity contribution in [3.8, 4) is 0 Å². The molecule has 116 valence electrons. The van der Waals surface area contributed by atoms with E-state index in [1.165, 1.54) is 23.9 Å². The molecule has 1 aliphatic heterocycles. The molecule has 1 heterocycles. The second-order valence-corrected chi connectivity index (χ2v) is 6.24. The van der Waals surface area contributed by atoms with Gasteiger partial charge in [0, 0.05) is 10.8 Å². The Morgan fingerprint density at radius 2 is 1.78 bits per heavy atom. The number of nitrogens with zero attached hydrogens (tertiary/aromatic N) is 1. The summed E-state index contributed by atoms with van der Waals surface area (Å²) in [5, 5.41) is 14.1. The number of nitro benzene ring substituents is 1. The SMILES string of the molecule is O=C1NC(=O)c2c1ccc(SCc1ccc(Cl)cc1)c2[N+](=O)[O-]. The maximum atomic E-state index is 11.8. The Kier molecular flexibility index (Phi) is 4.06. The van der Waals surface area contributed by atoms with E-state index < -0.39 is 16.7 Å². The highest BCUT2D eigenvalue weighted by atomic mass is 35.5. The number of benzene rings is 2. The Morgan fingerprint density at radius 1 is 1.09 bits per heavy atom. The van der Waals surface area contributed by atoms with Gasteiger partial charge in [-0.1, -0.05) is 23.7 Å². The summed E-state index contributed by atoms with van der Waals surface area (Å²) < 4.78 is 0. The molecule has 3 rings (SSSR count). The molecule has 6 nitrogen and oxygen atoms in total. The van der Waals surface area contributed by atoms with Gasteiger partial charge in [0.2, 0.25) is 0 Å². The molecule has 0 radical (unpaired) electrons. The van der Waals surface area contributed by atoms with Crippen molar-refractivity contribution in [3.05, 3.63) is 68.2 Å². The first-order chi connectivity index (χ1) is 11.0.